The van der Waals surface area contributed by atoms with Crippen molar-refractivity contribution in [3.63, 3.8) is 0 Å². The van der Waals surface area contributed by atoms with Crippen LogP contribution in [0.4, 0.5) is 0 Å². The van der Waals surface area contributed by atoms with Crippen LogP contribution in [0.1, 0.15) is 29.0 Å². The maximum atomic E-state index is 6.41. The van der Waals surface area contributed by atoms with Crippen molar-refractivity contribution in [1.82, 2.24) is 5.48 Å². The number of nitrogens with one attached hydrogen (secondary N) is 1. The summed E-state index contributed by atoms with van der Waals surface area (Å²) in [4.78, 5) is 5.97. The Kier molecular flexibility index (Phi) is 3.68. The number of hydrogen-bond donors (Lipinski definition) is 1. The quantitative estimate of drug-likeness (QED) is 0.825. The van der Waals surface area contributed by atoms with E-state index in [0.717, 1.165) is 18.6 Å². The van der Waals surface area contributed by atoms with Gasteiger partial charge in [0.25, 0.3) is 0 Å². The van der Waals surface area contributed by atoms with E-state index in [0.29, 0.717) is 0 Å². The number of benzene rings is 2. The standard InChI is InChI=1S/C23H21NO2/c1-3-9-19-17(7-1)14-16-25-23(15-6-5-10-20(19)23)22-13-12-18-8-2-4-11-21(18)26-24-22/h1-11,14-16,20,22,24H,12-13H2. The topological polar surface area (TPSA) is 30.5 Å². The molecule has 3 atom stereocenters. The third-order valence-electron chi connectivity index (χ3n) is 5.64. The molecule has 0 fully saturated rings. The lowest BCUT2D eigenvalue weighted by atomic mass is 9.72. The molecule has 26 heavy (non-hydrogen) atoms. The van der Waals surface area contributed by atoms with Crippen molar-refractivity contribution < 1.29 is 9.57 Å². The highest BCUT2D eigenvalue weighted by Crippen LogP contribution is 2.44. The number of hydrogen-bond acceptors (Lipinski definition) is 3. The molecule has 5 rings (SSSR count). The first kappa shape index (κ1) is 15.5. The zero-order chi connectivity index (χ0) is 17.4. The Morgan fingerprint density at radius 2 is 1.88 bits per heavy atom. The van der Waals surface area contributed by atoms with Gasteiger partial charge in [0.05, 0.1) is 12.3 Å². The molecule has 2 aliphatic heterocycles. The average molecular weight is 343 g/mol. The van der Waals surface area contributed by atoms with E-state index < -0.39 is 5.60 Å². The van der Waals surface area contributed by atoms with Gasteiger partial charge in [-0.25, -0.2) is 0 Å². The lowest BCUT2D eigenvalue weighted by molar-refractivity contribution is -0.0193. The van der Waals surface area contributed by atoms with Crippen LogP contribution in [0.2, 0.25) is 0 Å². The van der Waals surface area contributed by atoms with E-state index in [9.17, 15) is 0 Å². The summed E-state index contributed by atoms with van der Waals surface area (Å²) in [6, 6.07) is 16.8. The summed E-state index contributed by atoms with van der Waals surface area (Å²) in [7, 11) is 0. The first-order chi connectivity index (χ1) is 12.9. The molecule has 0 aromatic heterocycles. The Hall–Kier alpha value is -2.78. The maximum Gasteiger partial charge on any atom is 0.155 e. The Balaban J connectivity index is 1.55. The lowest BCUT2D eigenvalue weighted by Crippen LogP contribution is -2.55. The van der Waals surface area contributed by atoms with Crippen molar-refractivity contribution >= 4 is 6.08 Å². The molecule has 130 valence electrons. The molecule has 3 nitrogen and oxygen atoms in total. The highest BCUT2D eigenvalue weighted by molar-refractivity contribution is 5.58. The second kappa shape index (κ2) is 6.19. The van der Waals surface area contributed by atoms with Gasteiger partial charge in [-0.1, -0.05) is 60.7 Å². The van der Waals surface area contributed by atoms with Crippen LogP contribution < -0.4 is 10.3 Å². The fraction of sp³-hybridized carbons (Fsp3) is 0.217. The van der Waals surface area contributed by atoms with Crippen molar-refractivity contribution in [2.45, 2.75) is 30.4 Å². The van der Waals surface area contributed by atoms with E-state index in [-0.39, 0.29) is 12.0 Å². The van der Waals surface area contributed by atoms with E-state index in [1.807, 2.05) is 18.4 Å². The number of allylic oxidation sites excluding steroid dienone is 2. The lowest BCUT2D eigenvalue weighted by Gasteiger charge is -2.42. The van der Waals surface area contributed by atoms with Crippen molar-refractivity contribution in [2.24, 2.45) is 0 Å². The monoisotopic (exact) mass is 343 g/mol. The normalized spacial score (nSPS) is 28.6. The Labute approximate surface area is 153 Å². The van der Waals surface area contributed by atoms with Gasteiger partial charge in [0.15, 0.2) is 5.60 Å². The molecule has 1 N–H and O–H groups in total. The number of para-hydroxylation sites is 1. The molecule has 3 heteroatoms. The first-order valence-electron chi connectivity index (χ1n) is 9.16. The fourth-order valence-electron chi connectivity index (χ4n) is 4.30. The molecule has 0 radical (unpaired) electrons. The summed E-state index contributed by atoms with van der Waals surface area (Å²) in [6.07, 6.45) is 14.4. The van der Waals surface area contributed by atoms with Gasteiger partial charge in [-0.05, 0) is 47.8 Å². The summed E-state index contributed by atoms with van der Waals surface area (Å²) in [5, 5.41) is 0. The molecular formula is C23H21NO2. The van der Waals surface area contributed by atoms with Gasteiger partial charge in [-0.2, -0.15) is 0 Å². The molecule has 3 aliphatic rings. The van der Waals surface area contributed by atoms with Crippen molar-refractivity contribution in [3.05, 3.63) is 95.8 Å². The number of ether oxygens (including phenoxy) is 1. The minimum absolute atomic E-state index is 0.0249. The Morgan fingerprint density at radius 1 is 1.00 bits per heavy atom. The minimum Gasteiger partial charge on any atom is -0.488 e. The van der Waals surface area contributed by atoms with Crippen molar-refractivity contribution in [1.29, 1.82) is 0 Å². The maximum absolute atomic E-state index is 6.41. The molecule has 3 unspecified atom stereocenters. The average Bonchev–Trinajstić information content (AvgIpc) is 3.01. The van der Waals surface area contributed by atoms with Gasteiger partial charge in [0.1, 0.15) is 5.75 Å². The summed E-state index contributed by atoms with van der Waals surface area (Å²) >= 11 is 0. The highest BCUT2D eigenvalue weighted by atomic mass is 16.7. The van der Waals surface area contributed by atoms with Crippen LogP contribution in [0.3, 0.4) is 0 Å². The molecule has 1 aliphatic carbocycles. The summed E-state index contributed by atoms with van der Waals surface area (Å²) in [5.41, 5.74) is 6.52. The Morgan fingerprint density at radius 3 is 2.88 bits per heavy atom. The van der Waals surface area contributed by atoms with Crippen molar-refractivity contribution in [3.8, 4) is 5.75 Å². The van der Waals surface area contributed by atoms with Crippen LogP contribution in [0.15, 0.2) is 79.1 Å². The molecule has 2 heterocycles. The van der Waals surface area contributed by atoms with Crippen LogP contribution in [0, 0.1) is 0 Å². The minimum atomic E-state index is -0.514. The van der Waals surface area contributed by atoms with E-state index in [4.69, 9.17) is 9.57 Å². The molecule has 2 aromatic carbocycles. The van der Waals surface area contributed by atoms with Crippen LogP contribution in [0.25, 0.3) is 6.08 Å². The van der Waals surface area contributed by atoms with Gasteiger partial charge in [0.2, 0.25) is 0 Å². The summed E-state index contributed by atoms with van der Waals surface area (Å²) in [5.74, 6) is 1.03. The number of fused-ring (bicyclic) bond motifs is 4. The molecular weight excluding hydrogens is 322 g/mol. The molecule has 2 aromatic rings. The predicted octanol–water partition coefficient (Wildman–Crippen LogP) is 4.53. The third kappa shape index (κ3) is 2.39. The largest absolute Gasteiger partial charge is 0.488 e. The smallest absolute Gasteiger partial charge is 0.155 e. The van der Waals surface area contributed by atoms with Gasteiger partial charge in [0, 0.05) is 5.92 Å². The second-order valence-electron chi connectivity index (χ2n) is 7.04. The van der Waals surface area contributed by atoms with Crippen molar-refractivity contribution in [2.75, 3.05) is 0 Å². The first-order valence-corrected chi connectivity index (χ1v) is 9.16. The fourth-order valence-corrected chi connectivity index (χ4v) is 4.30. The molecule has 0 amide bonds. The number of rotatable bonds is 1. The summed E-state index contributed by atoms with van der Waals surface area (Å²) in [6.45, 7) is 0. The SMILES string of the molecule is C1=CC2c3ccccc3C=COC2(C2CCc3ccccc3ON2)C=C1. The molecule has 0 spiro atoms. The predicted molar refractivity (Wildman–Crippen MR) is 103 cm³/mol. The van der Waals surface area contributed by atoms with Crippen LogP contribution in [0.5, 0.6) is 5.75 Å². The van der Waals surface area contributed by atoms with E-state index in [2.05, 4.69) is 72.3 Å². The molecule has 0 saturated carbocycles. The molecule has 0 bridgehead atoms. The summed E-state index contributed by atoms with van der Waals surface area (Å²) < 4.78 is 6.41. The van der Waals surface area contributed by atoms with Crippen LogP contribution in [-0.2, 0) is 11.2 Å². The molecule has 0 saturated heterocycles. The van der Waals surface area contributed by atoms with E-state index in [1.165, 1.54) is 16.7 Å². The van der Waals surface area contributed by atoms with Gasteiger partial charge in [-0.3, -0.25) is 0 Å². The van der Waals surface area contributed by atoms with Gasteiger partial charge < -0.3 is 9.57 Å². The highest BCUT2D eigenvalue weighted by Gasteiger charge is 2.48. The van der Waals surface area contributed by atoms with Crippen LogP contribution in [-0.4, -0.2) is 11.6 Å². The van der Waals surface area contributed by atoms with Crippen LogP contribution >= 0.6 is 0 Å². The van der Waals surface area contributed by atoms with E-state index in [1.54, 1.807) is 0 Å². The second-order valence-corrected chi connectivity index (χ2v) is 7.04. The number of aryl methyl sites for hydroxylation is 1. The zero-order valence-electron chi connectivity index (χ0n) is 14.5. The number of hydroxylamine groups is 1. The van der Waals surface area contributed by atoms with Gasteiger partial charge >= 0.3 is 0 Å². The Bertz CT molecular complexity index is 887. The van der Waals surface area contributed by atoms with Gasteiger partial charge in [-0.15, -0.1) is 5.48 Å². The zero-order valence-corrected chi connectivity index (χ0v) is 14.5. The van der Waals surface area contributed by atoms with E-state index >= 15 is 0 Å². The third-order valence-corrected chi connectivity index (χ3v) is 5.64.